The highest BCUT2D eigenvalue weighted by Crippen LogP contribution is 2.25. The normalized spacial score (nSPS) is 17.3. The maximum Gasteiger partial charge on any atom is 0.126 e. The molecule has 3 rings (SSSR count). The van der Waals surface area contributed by atoms with Gasteiger partial charge in [0.05, 0.1) is 13.2 Å². The summed E-state index contributed by atoms with van der Waals surface area (Å²) in [5.74, 6) is 1.79. The molecule has 1 aromatic heterocycles. The summed E-state index contributed by atoms with van der Waals surface area (Å²) < 4.78 is 12.5. The molecule has 1 aromatic carbocycles. The Kier molecular flexibility index (Phi) is 5.18. The molecule has 1 N–H and O–H groups in total. The first-order valence-corrected chi connectivity index (χ1v) is 8.61. The lowest BCUT2D eigenvalue weighted by molar-refractivity contribution is 0.140. The van der Waals surface area contributed by atoms with Gasteiger partial charge in [-0.15, -0.1) is 0 Å². The third-order valence-electron chi connectivity index (χ3n) is 3.91. The van der Waals surface area contributed by atoms with E-state index in [1.165, 1.54) is 5.56 Å². The molecule has 0 spiro atoms. The van der Waals surface area contributed by atoms with E-state index in [2.05, 4.69) is 58.3 Å². The van der Waals surface area contributed by atoms with Crippen LogP contribution in [0, 0.1) is 13.8 Å². The zero-order chi connectivity index (χ0) is 16.2. The van der Waals surface area contributed by atoms with Gasteiger partial charge in [0.2, 0.25) is 0 Å². The SMILES string of the molecule is Cc1ccc(CNc2cc(C)c(Br)cn2)c(OC2CCOC2)c1. The number of halogens is 1. The average Bonchev–Trinajstić information content (AvgIpc) is 3.03. The molecule has 5 heteroatoms. The van der Waals surface area contributed by atoms with Crippen molar-refractivity contribution in [2.75, 3.05) is 18.5 Å². The Labute approximate surface area is 145 Å². The molecule has 1 saturated heterocycles. The van der Waals surface area contributed by atoms with Crippen LogP contribution in [0.25, 0.3) is 0 Å². The Morgan fingerprint density at radius 3 is 2.96 bits per heavy atom. The quantitative estimate of drug-likeness (QED) is 0.847. The Bertz CT molecular complexity index is 685. The minimum absolute atomic E-state index is 0.156. The number of benzene rings is 1. The van der Waals surface area contributed by atoms with Gasteiger partial charge in [0.15, 0.2) is 0 Å². The number of nitrogens with one attached hydrogen (secondary N) is 1. The van der Waals surface area contributed by atoms with Crippen LogP contribution in [0.3, 0.4) is 0 Å². The summed E-state index contributed by atoms with van der Waals surface area (Å²) in [4.78, 5) is 4.39. The molecule has 0 bridgehead atoms. The predicted octanol–water partition coefficient (Wildman–Crippen LogP) is 4.24. The summed E-state index contributed by atoms with van der Waals surface area (Å²) in [6.07, 6.45) is 2.93. The maximum absolute atomic E-state index is 6.13. The molecule has 1 aliphatic heterocycles. The summed E-state index contributed by atoms with van der Waals surface area (Å²) in [6, 6.07) is 8.34. The zero-order valence-corrected chi connectivity index (χ0v) is 15.0. The van der Waals surface area contributed by atoms with Crippen molar-refractivity contribution in [3.63, 3.8) is 0 Å². The number of aromatic nitrogens is 1. The number of anilines is 1. The molecule has 0 radical (unpaired) electrons. The fourth-order valence-electron chi connectivity index (χ4n) is 2.52. The highest BCUT2D eigenvalue weighted by Gasteiger charge is 2.18. The van der Waals surface area contributed by atoms with Crippen LogP contribution in [0.5, 0.6) is 5.75 Å². The van der Waals surface area contributed by atoms with Crippen molar-refractivity contribution in [2.45, 2.75) is 32.9 Å². The number of aryl methyl sites for hydroxylation is 2. The molecule has 2 heterocycles. The van der Waals surface area contributed by atoms with Crippen molar-refractivity contribution >= 4 is 21.7 Å². The van der Waals surface area contributed by atoms with Gasteiger partial charge in [-0.2, -0.15) is 0 Å². The zero-order valence-electron chi connectivity index (χ0n) is 13.4. The highest BCUT2D eigenvalue weighted by molar-refractivity contribution is 9.10. The van der Waals surface area contributed by atoms with Crippen LogP contribution in [0.1, 0.15) is 23.1 Å². The lowest BCUT2D eigenvalue weighted by Gasteiger charge is -2.17. The van der Waals surface area contributed by atoms with Crippen molar-refractivity contribution in [1.29, 1.82) is 0 Å². The van der Waals surface area contributed by atoms with Crippen LogP contribution >= 0.6 is 15.9 Å². The van der Waals surface area contributed by atoms with E-state index in [0.29, 0.717) is 13.2 Å². The topological polar surface area (TPSA) is 43.4 Å². The molecule has 1 fully saturated rings. The van der Waals surface area contributed by atoms with Gasteiger partial charge in [-0.25, -0.2) is 4.98 Å². The second-order valence-corrected chi connectivity index (χ2v) is 6.74. The number of pyridine rings is 1. The summed E-state index contributed by atoms with van der Waals surface area (Å²) >= 11 is 3.47. The fraction of sp³-hybridized carbons (Fsp3) is 0.389. The minimum Gasteiger partial charge on any atom is -0.488 e. The number of rotatable bonds is 5. The van der Waals surface area contributed by atoms with Gasteiger partial charge in [-0.3, -0.25) is 0 Å². The van der Waals surface area contributed by atoms with Crippen molar-refractivity contribution in [2.24, 2.45) is 0 Å². The van der Waals surface area contributed by atoms with E-state index >= 15 is 0 Å². The molecule has 122 valence electrons. The van der Waals surface area contributed by atoms with Gasteiger partial charge in [0.25, 0.3) is 0 Å². The number of hydrogen-bond donors (Lipinski definition) is 1. The summed E-state index contributed by atoms with van der Waals surface area (Å²) in [5.41, 5.74) is 3.48. The number of nitrogens with zero attached hydrogens (tertiary/aromatic N) is 1. The molecule has 1 unspecified atom stereocenters. The van der Waals surface area contributed by atoms with Gasteiger partial charge in [-0.1, -0.05) is 12.1 Å². The van der Waals surface area contributed by atoms with E-state index in [4.69, 9.17) is 9.47 Å². The van der Waals surface area contributed by atoms with Crippen LogP contribution in [-0.2, 0) is 11.3 Å². The Morgan fingerprint density at radius 2 is 2.22 bits per heavy atom. The average molecular weight is 377 g/mol. The molecule has 0 saturated carbocycles. The summed E-state index contributed by atoms with van der Waals surface area (Å²) in [7, 11) is 0. The van der Waals surface area contributed by atoms with Crippen LogP contribution in [-0.4, -0.2) is 24.3 Å². The summed E-state index contributed by atoms with van der Waals surface area (Å²) in [5, 5.41) is 3.37. The van der Waals surface area contributed by atoms with Gasteiger partial charge in [0.1, 0.15) is 17.7 Å². The van der Waals surface area contributed by atoms with E-state index in [0.717, 1.165) is 40.2 Å². The number of ether oxygens (including phenoxy) is 2. The fourth-order valence-corrected chi connectivity index (χ4v) is 2.74. The van der Waals surface area contributed by atoms with E-state index in [1.54, 1.807) is 0 Å². The molecule has 0 amide bonds. The Hall–Kier alpha value is -1.59. The van der Waals surface area contributed by atoms with Crippen molar-refractivity contribution in [1.82, 2.24) is 4.98 Å². The molecule has 4 nitrogen and oxygen atoms in total. The first kappa shape index (κ1) is 16.3. The van der Waals surface area contributed by atoms with E-state index in [1.807, 2.05) is 12.3 Å². The lowest BCUT2D eigenvalue weighted by Crippen LogP contribution is -2.17. The second kappa shape index (κ2) is 7.32. The van der Waals surface area contributed by atoms with E-state index in [-0.39, 0.29) is 6.10 Å². The maximum atomic E-state index is 6.13. The van der Waals surface area contributed by atoms with Crippen LogP contribution in [0.4, 0.5) is 5.82 Å². The first-order valence-electron chi connectivity index (χ1n) is 7.82. The van der Waals surface area contributed by atoms with Crippen LogP contribution in [0.15, 0.2) is 34.9 Å². The molecule has 0 aliphatic carbocycles. The van der Waals surface area contributed by atoms with Gasteiger partial charge < -0.3 is 14.8 Å². The standard InChI is InChI=1S/C18H21BrN2O2/c1-12-3-4-14(17(7-12)23-15-5-6-22-11-15)9-20-18-8-13(2)16(19)10-21-18/h3-4,7-8,10,15H,5-6,9,11H2,1-2H3,(H,20,21). The second-order valence-electron chi connectivity index (χ2n) is 5.89. The van der Waals surface area contributed by atoms with Gasteiger partial charge >= 0.3 is 0 Å². The molecule has 2 aromatic rings. The smallest absolute Gasteiger partial charge is 0.126 e. The third kappa shape index (κ3) is 4.24. The van der Waals surface area contributed by atoms with Crippen molar-refractivity contribution in [3.8, 4) is 5.75 Å². The third-order valence-corrected chi connectivity index (χ3v) is 4.74. The largest absolute Gasteiger partial charge is 0.488 e. The highest BCUT2D eigenvalue weighted by atomic mass is 79.9. The van der Waals surface area contributed by atoms with Crippen molar-refractivity contribution in [3.05, 3.63) is 51.6 Å². The first-order chi connectivity index (χ1) is 11.1. The predicted molar refractivity (Wildman–Crippen MR) is 95.0 cm³/mol. The Morgan fingerprint density at radius 1 is 1.35 bits per heavy atom. The van der Waals surface area contributed by atoms with Crippen LogP contribution < -0.4 is 10.1 Å². The molecule has 1 aliphatic rings. The molecule has 23 heavy (non-hydrogen) atoms. The van der Waals surface area contributed by atoms with Gasteiger partial charge in [-0.05, 0) is 53.0 Å². The number of hydrogen-bond acceptors (Lipinski definition) is 4. The lowest BCUT2D eigenvalue weighted by atomic mass is 10.1. The van der Waals surface area contributed by atoms with E-state index < -0.39 is 0 Å². The van der Waals surface area contributed by atoms with Crippen molar-refractivity contribution < 1.29 is 9.47 Å². The Balaban J connectivity index is 1.72. The van der Waals surface area contributed by atoms with Crippen LogP contribution in [0.2, 0.25) is 0 Å². The van der Waals surface area contributed by atoms with E-state index in [9.17, 15) is 0 Å². The monoisotopic (exact) mass is 376 g/mol. The minimum atomic E-state index is 0.156. The van der Waals surface area contributed by atoms with Gasteiger partial charge in [0, 0.05) is 29.2 Å². The molecular formula is C18H21BrN2O2. The molecular weight excluding hydrogens is 356 g/mol. The molecule has 1 atom stereocenters. The summed E-state index contributed by atoms with van der Waals surface area (Å²) in [6.45, 7) is 6.27.